The van der Waals surface area contributed by atoms with Gasteiger partial charge in [0.2, 0.25) is 0 Å². The molecule has 0 fully saturated rings. The Morgan fingerprint density at radius 1 is 1.31 bits per heavy atom. The van der Waals surface area contributed by atoms with E-state index >= 15 is 0 Å². The van der Waals surface area contributed by atoms with Gasteiger partial charge in [-0.25, -0.2) is 0 Å². The molecule has 13 heavy (non-hydrogen) atoms. The van der Waals surface area contributed by atoms with Gasteiger partial charge in [-0.1, -0.05) is 17.6 Å². The Bertz CT molecular complexity index is 309. The minimum Gasteiger partial charge on any atom is -0.406 e. The van der Waals surface area contributed by atoms with Gasteiger partial charge >= 0.3 is 6.36 Å². The summed E-state index contributed by atoms with van der Waals surface area (Å²) in [5.74, 6) is -0.141. The number of alkyl halides is 3. The standard InChI is InChI=1S/C8H8BF3O/c1-5-4-6(9)2-3-7(5)13-8(10,11)12/h2-4H,9H2,1H3. The van der Waals surface area contributed by atoms with Crippen molar-refractivity contribution in [3.8, 4) is 5.75 Å². The Morgan fingerprint density at radius 3 is 2.38 bits per heavy atom. The average Bonchev–Trinajstić information content (AvgIpc) is 1.93. The van der Waals surface area contributed by atoms with Crippen LogP contribution in [0.25, 0.3) is 0 Å². The molecule has 0 aromatic heterocycles. The maximum Gasteiger partial charge on any atom is 0.573 e. The Morgan fingerprint density at radius 2 is 1.92 bits per heavy atom. The largest absolute Gasteiger partial charge is 0.573 e. The van der Waals surface area contributed by atoms with E-state index in [0.717, 1.165) is 5.46 Å². The summed E-state index contributed by atoms with van der Waals surface area (Å²) in [7, 11) is 1.81. The monoisotopic (exact) mass is 188 g/mol. The highest BCUT2D eigenvalue weighted by Gasteiger charge is 2.31. The lowest BCUT2D eigenvalue weighted by Crippen LogP contribution is -2.18. The van der Waals surface area contributed by atoms with Crippen LogP contribution < -0.4 is 10.2 Å². The molecule has 0 amide bonds. The van der Waals surface area contributed by atoms with Crippen LogP contribution in [-0.2, 0) is 0 Å². The molecule has 0 saturated heterocycles. The smallest absolute Gasteiger partial charge is 0.406 e. The zero-order valence-electron chi connectivity index (χ0n) is 7.27. The third-order valence-electron chi connectivity index (χ3n) is 1.56. The number of rotatable bonds is 1. The first kappa shape index (κ1) is 9.96. The highest BCUT2D eigenvalue weighted by molar-refractivity contribution is 6.32. The van der Waals surface area contributed by atoms with Gasteiger partial charge in [-0.3, -0.25) is 0 Å². The van der Waals surface area contributed by atoms with Crippen molar-refractivity contribution >= 4 is 13.3 Å². The quantitative estimate of drug-likeness (QED) is 0.600. The summed E-state index contributed by atoms with van der Waals surface area (Å²) in [5, 5.41) is 0. The van der Waals surface area contributed by atoms with E-state index in [0.29, 0.717) is 5.56 Å². The molecule has 0 spiro atoms. The van der Waals surface area contributed by atoms with E-state index in [1.807, 2.05) is 7.85 Å². The predicted octanol–water partition coefficient (Wildman–Crippen LogP) is 1.15. The van der Waals surface area contributed by atoms with Crippen molar-refractivity contribution in [1.82, 2.24) is 0 Å². The van der Waals surface area contributed by atoms with Crippen molar-refractivity contribution in [1.29, 1.82) is 0 Å². The van der Waals surface area contributed by atoms with E-state index in [1.54, 1.807) is 19.1 Å². The molecule has 0 unspecified atom stereocenters. The zero-order chi connectivity index (χ0) is 10.1. The molecule has 0 aliphatic carbocycles. The lowest BCUT2D eigenvalue weighted by Gasteiger charge is -2.11. The molecule has 0 atom stereocenters. The average molecular weight is 188 g/mol. The van der Waals surface area contributed by atoms with Crippen molar-refractivity contribution in [2.45, 2.75) is 13.3 Å². The Balaban J connectivity index is 2.90. The Hall–Kier alpha value is -1.13. The number of benzene rings is 1. The van der Waals surface area contributed by atoms with Gasteiger partial charge < -0.3 is 4.74 Å². The van der Waals surface area contributed by atoms with Crippen LogP contribution >= 0.6 is 0 Å². The van der Waals surface area contributed by atoms with Gasteiger partial charge in [-0.2, -0.15) is 0 Å². The molecule has 1 nitrogen and oxygen atoms in total. The molecule has 0 aliphatic heterocycles. The molecule has 70 valence electrons. The maximum atomic E-state index is 11.8. The highest BCUT2D eigenvalue weighted by atomic mass is 19.4. The summed E-state index contributed by atoms with van der Waals surface area (Å²) < 4.78 is 39.2. The van der Waals surface area contributed by atoms with E-state index in [9.17, 15) is 13.2 Å². The fraction of sp³-hybridized carbons (Fsp3) is 0.250. The van der Waals surface area contributed by atoms with Crippen LogP contribution in [0.3, 0.4) is 0 Å². The second kappa shape index (κ2) is 3.32. The van der Waals surface area contributed by atoms with Gasteiger partial charge in [0.25, 0.3) is 0 Å². The number of halogens is 3. The van der Waals surface area contributed by atoms with Crippen LogP contribution in [0, 0.1) is 6.92 Å². The van der Waals surface area contributed by atoms with Gasteiger partial charge in [0.05, 0.1) is 0 Å². The first-order valence-electron chi connectivity index (χ1n) is 3.71. The lowest BCUT2D eigenvalue weighted by atomic mass is 9.94. The fourth-order valence-electron chi connectivity index (χ4n) is 1.04. The van der Waals surface area contributed by atoms with Gasteiger partial charge in [0.15, 0.2) is 0 Å². The molecule has 1 aromatic rings. The molecule has 0 radical (unpaired) electrons. The Kier molecular flexibility index (Phi) is 2.54. The second-order valence-electron chi connectivity index (χ2n) is 2.82. The zero-order valence-corrected chi connectivity index (χ0v) is 7.27. The minimum atomic E-state index is -4.61. The van der Waals surface area contributed by atoms with Crippen molar-refractivity contribution in [3.63, 3.8) is 0 Å². The summed E-state index contributed by atoms with van der Waals surface area (Å²) in [6, 6.07) is 4.54. The van der Waals surface area contributed by atoms with E-state index in [4.69, 9.17) is 0 Å². The van der Waals surface area contributed by atoms with Crippen molar-refractivity contribution in [2.75, 3.05) is 0 Å². The number of ether oxygens (including phenoxy) is 1. The fourth-order valence-corrected chi connectivity index (χ4v) is 1.04. The summed E-state index contributed by atoms with van der Waals surface area (Å²) in [5.41, 5.74) is 1.39. The third-order valence-corrected chi connectivity index (χ3v) is 1.56. The van der Waals surface area contributed by atoms with E-state index < -0.39 is 6.36 Å². The molecule has 0 bridgehead atoms. The summed E-state index contributed by atoms with van der Waals surface area (Å²) in [4.78, 5) is 0. The second-order valence-corrected chi connectivity index (χ2v) is 2.82. The summed E-state index contributed by atoms with van der Waals surface area (Å²) >= 11 is 0. The van der Waals surface area contributed by atoms with Crippen LogP contribution in [0.1, 0.15) is 5.56 Å². The SMILES string of the molecule is Bc1ccc(OC(F)(F)F)c(C)c1. The molecule has 0 heterocycles. The topological polar surface area (TPSA) is 9.23 Å². The Labute approximate surface area is 74.9 Å². The van der Waals surface area contributed by atoms with Crippen molar-refractivity contribution in [3.05, 3.63) is 23.8 Å². The molecule has 1 aromatic carbocycles. The molecular formula is C8H8BF3O. The van der Waals surface area contributed by atoms with Gasteiger partial charge in [0.1, 0.15) is 13.6 Å². The third kappa shape index (κ3) is 3.01. The number of hydrogen-bond donors (Lipinski definition) is 0. The van der Waals surface area contributed by atoms with Crippen LogP contribution in [0.2, 0.25) is 0 Å². The predicted molar refractivity (Wildman–Crippen MR) is 46.0 cm³/mol. The molecule has 0 saturated carbocycles. The van der Waals surface area contributed by atoms with E-state index in [2.05, 4.69) is 4.74 Å². The number of hydrogen-bond acceptors (Lipinski definition) is 1. The first-order chi connectivity index (χ1) is 5.88. The first-order valence-corrected chi connectivity index (χ1v) is 3.71. The normalized spacial score (nSPS) is 11.4. The van der Waals surface area contributed by atoms with Crippen LogP contribution in [0.4, 0.5) is 13.2 Å². The van der Waals surface area contributed by atoms with Crippen LogP contribution in [0.15, 0.2) is 18.2 Å². The highest BCUT2D eigenvalue weighted by Crippen LogP contribution is 2.24. The van der Waals surface area contributed by atoms with Gasteiger partial charge in [0, 0.05) is 0 Å². The maximum absolute atomic E-state index is 11.8. The van der Waals surface area contributed by atoms with E-state index in [1.165, 1.54) is 6.07 Å². The molecule has 5 heteroatoms. The van der Waals surface area contributed by atoms with Crippen LogP contribution in [0.5, 0.6) is 5.75 Å². The van der Waals surface area contributed by atoms with Crippen molar-refractivity contribution in [2.24, 2.45) is 0 Å². The van der Waals surface area contributed by atoms with Crippen LogP contribution in [-0.4, -0.2) is 14.2 Å². The molecule has 1 rings (SSSR count). The summed E-state index contributed by atoms with van der Waals surface area (Å²) in [6.45, 7) is 1.58. The molecular weight excluding hydrogens is 180 g/mol. The van der Waals surface area contributed by atoms with E-state index in [-0.39, 0.29) is 5.75 Å². The minimum absolute atomic E-state index is 0.141. The summed E-state index contributed by atoms with van der Waals surface area (Å²) in [6.07, 6.45) is -4.61. The molecule has 0 aliphatic rings. The lowest BCUT2D eigenvalue weighted by molar-refractivity contribution is -0.274. The molecule has 0 N–H and O–H groups in total. The number of aryl methyl sites for hydroxylation is 1. The van der Waals surface area contributed by atoms with Gasteiger partial charge in [-0.15, -0.1) is 13.2 Å². The van der Waals surface area contributed by atoms with Crippen molar-refractivity contribution < 1.29 is 17.9 Å². The van der Waals surface area contributed by atoms with Gasteiger partial charge in [-0.05, 0) is 18.6 Å².